The standard InChI is InChI=1S/C15H19N3O2S2/c1-11-6-9-15(21-11)22(19,20)18-14-8-7-13(10-16-14)17-12-4-2-3-5-12/h6-10,12,17H,2-5H2,1H3,(H,16,18). The summed E-state index contributed by atoms with van der Waals surface area (Å²) in [6, 6.07) is 7.47. The van der Waals surface area contributed by atoms with E-state index in [2.05, 4.69) is 15.0 Å². The summed E-state index contributed by atoms with van der Waals surface area (Å²) in [5.74, 6) is 0.336. The molecule has 0 radical (unpaired) electrons. The summed E-state index contributed by atoms with van der Waals surface area (Å²) in [5, 5.41) is 3.43. The summed E-state index contributed by atoms with van der Waals surface area (Å²) in [6.45, 7) is 1.88. The number of hydrogen-bond donors (Lipinski definition) is 2. The molecule has 2 aromatic heterocycles. The minimum absolute atomic E-state index is 0.306. The zero-order valence-electron chi connectivity index (χ0n) is 12.4. The molecule has 2 N–H and O–H groups in total. The molecule has 5 nitrogen and oxygen atoms in total. The lowest BCUT2D eigenvalue weighted by Gasteiger charge is -2.13. The van der Waals surface area contributed by atoms with Gasteiger partial charge in [0.2, 0.25) is 0 Å². The van der Waals surface area contributed by atoms with E-state index in [1.165, 1.54) is 37.0 Å². The highest BCUT2D eigenvalue weighted by Crippen LogP contribution is 2.24. The first-order valence-corrected chi connectivity index (χ1v) is 9.65. The molecule has 22 heavy (non-hydrogen) atoms. The van der Waals surface area contributed by atoms with Crippen LogP contribution in [0.15, 0.2) is 34.7 Å². The van der Waals surface area contributed by atoms with Crippen LogP contribution in [0.1, 0.15) is 30.6 Å². The van der Waals surface area contributed by atoms with E-state index < -0.39 is 10.0 Å². The van der Waals surface area contributed by atoms with Crippen molar-refractivity contribution in [3.63, 3.8) is 0 Å². The summed E-state index contributed by atoms with van der Waals surface area (Å²) in [7, 11) is -3.54. The molecular formula is C15H19N3O2S2. The lowest BCUT2D eigenvalue weighted by atomic mass is 10.2. The Hall–Kier alpha value is -1.60. The van der Waals surface area contributed by atoms with E-state index in [4.69, 9.17) is 0 Å². The second kappa shape index (κ2) is 6.26. The minimum atomic E-state index is -3.54. The molecule has 0 amide bonds. The molecule has 1 aliphatic rings. The topological polar surface area (TPSA) is 71.1 Å². The van der Waals surface area contributed by atoms with Gasteiger partial charge in [0.05, 0.1) is 11.9 Å². The first-order valence-electron chi connectivity index (χ1n) is 7.35. The third kappa shape index (κ3) is 3.59. The third-order valence-electron chi connectivity index (χ3n) is 3.71. The first kappa shape index (κ1) is 15.3. The van der Waals surface area contributed by atoms with Crippen LogP contribution in [0.3, 0.4) is 0 Å². The monoisotopic (exact) mass is 337 g/mol. The molecule has 0 aliphatic heterocycles. The van der Waals surface area contributed by atoms with Gasteiger partial charge < -0.3 is 5.32 Å². The zero-order valence-corrected chi connectivity index (χ0v) is 14.0. The number of aromatic nitrogens is 1. The Morgan fingerprint density at radius 2 is 1.95 bits per heavy atom. The Labute approximate surface area is 134 Å². The van der Waals surface area contributed by atoms with Gasteiger partial charge in [0.1, 0.15) is 10.0 Å². The molecular weight excluding hydrogens is 318 g/mol. The van der Waals surface area contributed by atoms with Gasteiger partial charge in [-0.15, -0.1) is 11.3 Å². The van der Waals surface area contributed by atoms with Crippen LogP contribution in [0, 0.1) is 6.92 Å². The molecule has 2 aromatic rings. The average molecular weight is 337 g/mol. The van der Waals surface area contributed by atoms with Crippen molar-refractivity contribution in [1.82, 2.24) is 4.98 Å². The summed E-state index contributed by atoms with van der Waals surface area (Å²) in [6.07, 6.45) is 6.58. The summed E-state index contributed by atoms with van der Waals surface area (Å²) in [5.41, 5.74) is 0.932. The van der Waals surface area contributed by atoms with Crippen LogP contribution < -0.4 is 10.0 Å². The molecule has 2 heterocycles. The van der Waals surface area contributed by atoms with E-state index in [-0.39, 0.29) is 0 Å². The van der Waals surface area contributed by atoms with Crippen LogP contribution in [0.4, 0.5) is 11.5 Å². The van der Waals surface area contributed by atoms with Gasteiger partial charge in [-0.3, -0.25) is 4.72 Å². The second-order valence-corrected chi connectivity index (χ2v) is 8.73. The zero-order chi connectivity index (χ0) is 15.6. The molecule has 0 spiro atoms. The normalized spacial score (nSPS) is 15.9. The molecule has 1 fully saturated rings. The van der Waals surface area contributed by atoms with Crippen molar-refractivity contribution in [2.24, 2.45) is 0 Å². The summed E-state index contributed by atoms with van der Waals surface area (Å²) in [4.78, 5) is 5.15. The number of rotatable bonds is 5. The first-order chi connectivity index (χ1) is 10.5. The van der Waals surface area contributed by atoms with Gasteiger partial charge in [0, 0.05) is 10.9 Å². The van der Waals surface area contributed by atoms with Crippen molar-refractivity contribution in [2.75, 3.05) is 10.0 Å². The molecule has 0 saturated heterocycles. The fraction of sp³-hybridized carbons (Fsp3) is 0.400. The maximum absolute atomic E-state index is 12.2. The maximum atomic E-state index is 12.2. The van der Waals surface area contributed by atoms with E-state index in [0.717, 1.165) is 10.6 Å². The Kier molecular flexibility index (Phi) is 4.35. The number of sulfonamides is 1. The largest absolute Gasteiger partial charge is 0.381 e. The molecule has 0 aromatic carbocycles. The molecule has 118 valence electrons. The lowest BCUT2D eigenvalue weighted by molar-refractivity contribution is 0.603. The highest BCUT2D eigenvalue weighted by molar-refractivity contribution is 7.94. The molecule has 0 unspecified atom stereocenters. The van der Waals surface area contributed by atoms with E-state index in [1.807, 2.05) is 13.0 Å². The highest BCUT2D eigenvalue weighted by atomic mass is 32.2. The Morgan fingerprint density at radius 1 is 1.18 bits per heavy atom. The van der Waals surface area contributed by atoms with Crippen molar-refractivity contribution in [3.05, 3.63) is 35.3 Å². The van der Waals surface area contributed by atoms with Crippen molar-refractivity contribution in [2.45, 2.75) is 42.9 Å². The predicted octanol–water partition coefficient (Wildman–Crippen LogP) is 3.61. The Bertz CT molecular complexity index is 732. The van der Waals surface area contributed by atoms with Crippen LogP contribution in [0.5, 0.6) is 0 Å². The fourth-order valence-electron chi connectivity index (χ4n) is 2.59. The number of aryl methyl sites for hydroxylation is 1. The smallest absolute Gasteiger partial charge is 0.272 e. The minimum Gasteiger partial charge on any atom is -0.381 e. The molecule has 0 atom stereocenters. The molecule has 3 rings (SSSR count). The Morgan fingerprint density at radius 3 is 2.55 bits per heavy atom. The van der Waals surface area contributed by atoms with Crippen molar-refractivity contribution in [1.29, 1.82) is 0 Å². The molecule has 1 aliphatic carbocycles. The lowest BCUT2D eigenvalue weighted by Crippen LogP contribution is -2.15. The number of nitrogens with zero attached hydrogens (tertiary/aromatic N) is 1. The number of pyridine rings is 1. The molecule has 1 saturated carbocycles. The van der Waals surface area contributed by atoms with Gasteiger partial charge in [-0.05, 0) is 44.0 Å². The number of nitrogens with one attached hydrogen (secondary N) is 2. The van der Waals surface area contributed by atoms with Gasteiger partial charge in [0.15, 0.2) is 0 Å². The Balaban J connectivity index is 1.67. The third-order valence-corrected chi connectivity index (χ3v) is 6.56. The van der Waals surface area contributed by atoms with Crippen molar-refractivity contribution in [3.8, 4) is 0 Å². The SMILES string of the molecule is Cc1ccc(S(=O)(=O)Nc2ccc(NC3CCCC3)cn2)s1. The van der Waals surface area contributed by atoms with E-state index in [1.54, 1.807) is 24.4 Å². The van der Waals surface area contributed by atoms with Crippen LogP contribution in [-0.4, -0.2) is 19.4 Å². The van der Waals surface area contributed by atoms with Gasteiger partial charge in [-0.1, -0.05) is 12.8 Å². The molecule has 7 heteroatoms. The molecule has 0 bridgehead atoms. The maximum Gasteiger partial charge on any atom is 0.272 e. The van der Waals surface area contributed by atoms with Gasteiger partial charge in [0.25, 0.3) is 10.0 Å². The predicted molar refractivity (Wildman–Crippen MR) is 90.0 cm³/mol. The van der Waals surface area contributed by atoms with Gasteiger partial charge >= 0.3 is 0 Å². The van der Waals surface area contributed by atoms with Crippen LogP contribution >= 0.6 is 11.3 Å². The van der Waals surface area contributed by atoms with Crippen LogP contribution in [0.25, 0.3) is 0 Å². The van der Waals surface area contributed by atoms with E-state index in [9.17, 15) is 8.42 Å². The number of thiophene rings is 1. The van der Waals surface area contributed by atoms with Gasteiger partial charge in [-0.25, -0.2) is 13.4 Å². The average Bonchev–Trinajstić information content (AvgIpc) is 3.12. The number of anilines is 2. The summed E-state index contributed by atoms with van der Waals surface area (Å²) >= 11 is 1.25. The van der Waals surface area contributed by atoms with Crippen molar-refractivity contribution < 1.29 is 8.42 Å². The van der Waals surface area contributed by atoms with E-state index >= 15 is 0 Å². The van der Waals surface area contributed by atoms with Crippen molar-refractivity contribution >= 4 is 32.9 Å². The number of hydrogen-bond acceptors (Lipinski definition) is 5. The van der Waals surface area contributed by atoms with Crippen LogP contribution in [0.2, 0.25) is 0 Å². The summed E-state index contributed by atoms with van der Waals surface area (Å²) < 4.78 is 27.3. The quantitative estimate of drug-likeness (QED) is 0.874. The fourth-order valence-corrected chi connectivity index (χ4v) is 4.88. The van der Waals surface area contributed by atoms with Gasteiger partial charge in [-0.2, -0.15) is 0 Å². The van der Waals surface area contributed by atoms with E-state index in [0.29, 0.717) is 16.1 Å². The van der Waals surface area contributed by atoms with Crippen LogP contribution in [-0.2, 0) is 10.0 Å². The highest BCUT2D eigenvalue weighted by Gasteiger charge is 2.17. The second-order valence-electron chi connectivity index (χ2n) is 5.53.